The number of ether oxygens (including phenoxy) is 1. The molecule has 3 rings (SSSR count). The topological polar surface area (TPSA) is 52.3 Å². The summed E-state index contributed by atoms with van der Waals surface area (Å²) in [4.78, 5) is 12.1. The highest BCUT2D eigenvalue weighted by Gasteiger charge is 2.26. The average molecular weight is 267 g/mol. The number of carbonyl (C=O) groups excluding carboxylic acids is 1. The molecule has 3 heteroatoms. The maximum atomic E-state index is 12.1. The Labute approximate surface area is 118 Å². The van der Waals surface area contributed by atoms with Crippen LogP contribution in [0.2, 0.25) is 0 Å². The summed E-state index contributed by atoms with van der Waals surface area (Å²) in [6.07, 6.45) is 0.985. The summed E-state index contributed by atoms with van der Waals surface area (Å²) in [6.45, 7) is 2.27. The van der Waals surface area contributed by atoms with Crippen molar-refractivity contribution in [1.29, 1.82) is 0 Å². The second-order valence-corrected chi connectivity index (χ2v) is 5.22. The molecule has 2 N–H and O–H groups in total. The van der Waals surface area contributed by atoms with Crippen molar-refractivity contribution in [2.24, 2.45) is 0 Å². The molecule has 1 atom stereocenters. The largest absolute Gasteiger partial charge is 0.461 e. The lowest BCUT2D eigenvalue weighted by molar-refractivity contribution is 0.0469. The molecule has 3 nitrogen and oxygen atoms in total. The SMILES string of the molecule is Cc1c(N)cccc1C(=O)OCC1Cc2ccccc21. The van der Waals surface area contributed by atoms with E-state index in [1.165, 1.54) is 11.1 Å². The van der Waals surface area contributed by atoms with Gasteiger partial charge in [0.1, 0.15) is 0 Å². The molecule has 2 aromatic rings. The van der Waals surface area contributed by atoms with E-state index in [0.29, 0.717) is 23.8 Å². The smallest absolute Gasteiger partial charge is 0.338 e. The zero-order valence-electron chi connectivity index (χ0n) is 11.4. The minimum atomic E-state index is -0.292. The van der Waals surface area contributed by atoms with E-state index in [0.717, 1.165) is 12.0 Å². The van der Waals surface area contributed by atoms with Crippen molar-refractivity contribution in [2.75, 3.05) is 12.3 Å². The molecule has 0 spiro atoms. The van der Waals surface area contributed by atoms with Gasteiger partial charge >= 0.3 is 5.97 Å². The minimum absolute atomic E-state index is 0.292. The first-order valence-corrected chi connectivity index (χ1v) is 6.77. The van der Waals surface area contributed by atoms with Gasteiger partial charge in [-0.3, -0.25) is 0 Å². The van der Waals surface area contributed by atoms with Gasteiger partial charge in [-0.2, -0.15) is 0 Å². The lowest BCUT2D eigenvalue weighted by Crippen LogP contribution is -2.23. The normalized spacial score (nSPS) is 16.1. The van der Waals surface area contributed by atoms with Gasteiger partial charge in [0.2, 0.25) is 0 Å². The van der Waals surface area contributed by atoms with Crippen LogP contribution in [0.4, 0.5) is 5.69 Å². The third-order valence-corrected chi connectivity index (χ3v) is 3.97. The molecular formula is C17H17NO2. The van der Waals surface area contributed by atoms with Gasteiger partial charge in [0.05, 0.1) is 12.2 Å². The first-order valence-electron chi connectivity index (χ1n) is 6.77. The minimum Gasteiger partial charge on any atom is -0.461 e. The number of carbonyl (C=O) groups is 1. The molecule has 1 aliphatic carbocycles. The first kappa shape index (κ1) is 12.7. The van der Waals surface area contributed by atoms with Crippen molar-refractivity contribution in [1.82, 2.24) is 0 Å². The molecule has 0 amide bonds. The first-order chi connectivity index (χ1) is 9.66. The monoisotopic (exact) mass is 267 g/mol. The Bertz CT molecular complexity index is 664. The standard InChI is InChI=1S/C17H17NO2/c1-11-14(7-4-8-16(11)18)17(19)20-10-13-9-12-5-2-3-6-15(12)13/h2-8,13H,9-10,18H2,1H3. The molecule has 102 valence electrons. The van der Waals surface area contributed by atoms with E-state index in [2.05, 4.69) is 12.1 Å². The number of anilines is 1. The summed E-state index contributed by atoms with van der Waals surface area (Å²) in [5.74, 6) is 0.0377. The highest BCUT2D eigenvalue weighted by Crippen LogP contribution is 2.35. The van der Waals surface area contributed by atoms with E-state index in [1.54, 1.807) is 18.2 Å². The second kappa shape index (κ2) is 5.00. The highest BCUT2D eigenvalue weighted by molar-refractivity contribution is 5.92. The van der Waals surface area contributed by atoms with Crippen molar-refractivity contribution in [2.45, 2.75) is 19.3 Å². The molecular weight excluding hydrogens is 250 g/mol. The van der Waals surface area contributed by atoms with Crippen LogP contribution in [-0.4, -0.2) is 12.6 Å². The van der Waals surface area contributed by atoms with Crippen LogP contribution in [0.15, 0.2) is 42.5 Å². The number of nitrogen functional groups attached to an aromatic ring is 1. The molecule has 0 fully saturated rings. The fourth-order valence-electron chi connectivity index (χ4n) is 2.64. The lowest BCUT2D eigenvalue weighted by atomic mass is 9.78. The third-order valence-electron chi connectivity index (χ3n) is 3.97. The van der Waals surface area contributed by atoms with Gasteiger partial charge in [-0.05, 0) is 42.2 Å². The molecule has 1 unspecified atom stereocenters. The van der Waals surface area contributed by atoms with E-state index >= 15 is 0 Å². The highest BCUT2D eigenvalue weighted by atomic mass is 16.5. The Morgan fingerprint density at radius 2 is 2.05 bits per heavy atom. The van der Waals surface area contributed by atoms with Gasteiger partial charge in [-0.25, -0.2) is 4.79 Å². The van der Waals surface area contributed by atoms with Crippen molar-refractivity contribution >= 4 is 11.7 Å². The summed E-state index contributed by atoms with van der Waals surface area (Å²) in [7, 11) is 0. The fraction of sp³-hybridized carbons (Fsp3) is 0.235. The number of hydrogen-bond donors (Lipinski definition) is 1. The van der Waals surface area contributed by atoms with E-state index < -0.39 is 0 Å². The maximum Gasteiger partial charge on any atom is 0.338 e. The number of hydrogen-bond acceptors (Lipinski definition) is 3. The van der Waals surface area contributed by atoms with Crippen LogP contribution in [-0.2, 0) is 11.2 Å². The molecule has 0 aromatic heterocycles. The number of nitrogens with two attached hydrogens (primary N) is 1. The maximum absolute atomic E-state index is 12.1. The van der Waals surface area contributed by atoms with Crippen LogP contribution in [0, 0.1) is 6.92 Å². The van der Waals surface area contributed by atoms with Crippen LogP contribution < -0.4 is 5.73 Å². The van der Waals surface area contributed by atoms with Crippen LogP contribution in [0.3, 0.4) is 0 Å². The zero-order valence-corrected chi connectivity index (χ0v) is 11.4. The van der Waals surface area contributed by atoms with E-state index in [4.69, 9.17) is 10.5 Å². The Hall–Kier alpha value is -2.29. The molecule has 0 radical (unpaired) electrons. The number of benzene rings is 2. The molecule has 0 aliphatic heterocycles. The van der Waals surface area contributed by atoms with Crippen LogP contribution in [0.1, 0.15) is 33.0 Å². The van der Waals surface area contributed by atoms with Gasteiger partial charge in [0.15, 0.2) is 0 Å². The second-order valence-electron chi connectivity index (χ2n) is 5.22. The Kier molecular flexibility index (Phi) is 3.18. The van der Waals surface area contributed by atoms with Gasteiger partial charge in [0, 0.05) is 11.6 Å². The number of rotatable bonds is 3. The summed E-state index contributed by atoms with van der Waals surface area (Å²) >= 11 is 0. The average Bonchev–Trinajstić information content (AvgIpc) is 2.42. The third kappa shape index (κ3) is 2.16. The van der Waals surface area contributed by atoms with Crippen LogP contribution in [0.5, 0.6) is 0 Å². The lowest BCUT2D eigenvalue weighted by Gasteiger charge is -2.29. The summed E-state index contributed by atoms with van der Waals surface area (Å²) in [5.41, 5.74) is 10.4. The summed E-state index contributed by atoms with van der Waals surface area (Å²) in [6, 6.07) is 13.6. The molecule has 1 aliphatic rings. The molecule has 0 bridgehead atoms. The molecule has 0 saturated carbocycles. The van der Waals surface area contributed by atoms with Crippen molar-refractivity contribution in [3.63, 3.8) is 0 Å². The molecule has 20 heavy (non-hydrogen) atoms. The predicted molar refractivity (Wildman–Crippen MR) is 78.8 cm³/mol. The Morgan fingerprint density at radius 1 is 1.25 bits per heavy atom. The Balaban J connectivity index is 1.65. The van der Waals surface area contributed by atoms with E-state index in [1.807, 2.05) is 19.1 Å². The van der Waals surface area contributed by atoms with Gasteiger partial charge in [-0.1, -0.05) is 30.3 Å². The van der Waals surface area contributed by atoms with Gasteiger partial charge in [0.25, 0.3) is 0 Å². The van der Waals surface area contributed by atoms with Crippen molar-refractivity contribution in [3.05, 3.63) is 64.7 Å². The van der Waals surface area contributed by atoms with E-state index in [-0.39, 0.29) is 5.97 Å². The molecule has 2 aromatic carbocycles. The fourth-order valence-corrected chi connectivity index (χ4v) is 2.64. The molecule has 0 saturated heterocycles. The molecule has 0 heterocycles. The van der Waals surface area contributed by atoms with Crippen LogP contribution >= 0.6 is 0 Å². The number of esters is 1. The zero-order chi connectivity index (χ0) is 14.1. The summed E-state index contributed by atoms with van der Waals surface area (Å²) < 4.78 is 5.43. The van der Waals surface area contributed by atoms with Crippen LogP contribution in [0.25, 0.3) is 0 Å². The predicted octanol–water partition coefficient (Wildman–Crippen LogP) is 3.07. The Morgan fingerprint density at radius 3 is 2.85 bits per heavy atom. The van der Waals surface area contributed by atoms with Crippen molar-refractivity contribution in [3.8, 4) is 0 Å². The van der Waals surface area contributed by atoms with Crippen molar-refractivity contribution < 1.29 is 9.53 Å². The van der Waals surface area contributed by atoms with Gasteiger partial charge < -0.3 is 10.5 Å². The van der Waals surface area contributed by atoms with Gasteiger partial charge in [-0.15, -0.1) is 0 Å². The van der Waals surface area contributed by atoms with E-state index in [9.17, 15) is 4.79 Å². The summed E-state index contributed by atoms with van der Waals surface area (Å²) in [5, 5.41) is 0. The quantitative estimate of drug-likeness (QED) is 0.687. The number of fused-ring (bicyclic) bond motifs is 1.